The van der Waals surface area contributed by atoms with Gasteiger partial charge in [-0.25, -0.2) is 4.79 Å². The predicted octanol–water partition coefficient (Wildman–Crippen LogP) is 7.93. The van der Waals surface area contributed by atoms with Gasteiger partial charge in [-0.05, 0) is 89.8 Å². The lowest BCUT2D eigenvalue weighted by Crippen LogP contribution is -2.49. The first-order chi connectivity index (χ1) is 18.4. The van der Waals surface area contributed by atoms with Crippen LogP contribution in [-0.2, 0) is 15.9 Å². The van der Waals surface area contributed by atoms with Gasteiger partial charge >= 0.3 is 6.09 Å². The largest absolute Gasteiger partial charge is 0.444 e. The van der Waals surface area contributed by atoms with Crippen molar-refractivity contribution >= 4 is 34.9 Å². The van der Waals surface area contributed by atoms with E-state index in [1.807, 2.05) is 90.1 Å². The first-order valence-corrected chi connectivity index (χ1v) is 13.6. The minimum absolute atomic E-state index is 0.0960. The molecule has 0 bridgehead atoms. The normalized spacial score (nSPS) is 16.7. The lowest BCUT2D eigenvalue weighted by atomic mass is 9.99. The summed E-state index contributed by atoms with van der Waals surface area (Å²) in [5, 5.41) is 3.85. The summed E-state index contributed by atoms with van der Waals surface area (Å²) in [6, 6.07) is 20.8. The number of hydrogen-bond acceptors (Lipinski definition) is 5. The lowest BCUT2D eigenvalue weighted by molar-refractivity contribution is -0.0626. The zero-order valence-electron chi connectivity index (χ0n) is 23.5. The van der Waals surface area contributed by atoms with Crippen molar-refractivity contribution < 1.29 is 19.1 Å². The van der Waals surface area contributed by atoms with Gasteiger partial charge in [0.05, 0.1) is 17.7 Å². The van der Waals surface area contributed by atoms with Gasteiger partial charge in [-0.2, -0.15) is 0 Å². The van der Waals surface area contributed by atoms with Crippen molar-refractivity contribution in [1.82, 2.24) is 4.90 Å². The van der Waals surface area contributed by atoms with Gasteiger partial charge in [-0.15, -0.1) is 0 Å². The number of para-hydroxylation sites is 1. The van der Waals surface area contributed by atoms with Crippen molar-refractivity contribution in [3.63, 3.8) is 0 Å². The monoisotopic (exact) mass is 548 g/mol. The third-order valence-corrected chi connectivity index (χ3v) is 7.12. The highest BCUT2D eigenvalue weighted by molar-refractivity contribution is 6.35. The highest BCUT2D eigenvalue weighted by atomic mass is 35.5. The van der Waals surface area contributed by atoms with E-state index in [9.17, 15) is 9.59 Å². The first-order valence-electron chi connectivity index (χ1n) is 13.3. The van der Waals surface area contributed by atoms with Crippen LogP contribution in [0.25, 0.3) is 0 Å². The van der Waals surface area contributed by atoms with Gasteiger partial charge in [-0.3, -0.25) is 9.69 Å². The molecular formula is C32H37ClN2O4. The number of benzene rings is 3. The second kappa shape index (κ2) is 11.4. The van der Waals surface area contributed by atoms with Crippen molar-refractivity contribution in [3.8, 4) is 0 Å². The minimum atomic E-state index is -0.737. The van der Waals surface area contributed by atoms with E-state index < -0.39 is 11.3 Å². The summed E-state index contributed by atoms with van der Waals surface area (Å²) < 4.78 is 11.6. The molecule has 1 atom stereocenters. The van der Waals surface area contributed by atoms with E-state index in [-0.39, 0.29) is 17.9 Å². The van der Waals surface area contributed by atoms with Gasteiger partial charge < -0.3 is 14.8 Å². The number of aryl methyl sites for hydroxylation is 2. The zero-order valence-corrected chi connectivity index (χ0v) is 24.3. The molecule has 1 aliphatic heterocycles. The van der Waals surface area contributed by atoms with Gasteiger partial charge in [0.15, 0.2) is 5.78 Å². The van der Waals surface area contributed by atoms with E-state index in [2.05, 4.69) is 11.4 Å². The molecule has 7 heteroatoms. The third kappa shape index (κ3) is 6.81. The molecule has 1 amide bonds. The number of amides is 1. The van der Waals surface area contributed by atoms with Crippen molar-refractivity contribution in [1.29, 1.82) is 0 Å². The highest BCUT2D eigenvalue weighted by Crippen LogP contribution is 2.33. The fraction of sp³-hybridized carbons (Fsp3) is 0.375. The second-order valence-electron chi connectivity index (χ2n) is 11.4. The quantitative estimate of drug-likeness (QED) is 0.304. The molecule has 0 saturated carbocycles. The minimum Gasteiger partial charge on any atom is -0.444 e. The van der Waals surface area contributed by atoms with Crippen LogP contribution >= 0.6 is 11.6 Å². The predicted molar refractivity (Wildman–Crippen MR) is 156 cm³/mol. The summed E-state index contributed by atoms with van der Waals surface area (Å²) in [6.45, 7) is 11.7. The highest BCUT2D eigenvalue weighted by Gasteiger charge is 2.45. The smallest absolute Gasteiger partial charge is 0.412 e. The molecule has 1 fully saturated rings. The van der Waals surface area contributed by atoms with Crippen LogP contribution in [0.5, 0.6) is 0 Å². The molecule has 1 aliphatic rings. The third-order valence-electron chi connectivity index (χ3n) is 6.81. The summed E-state index contributed by atoms with van der Waals surface area (Å²) in [5.41, 5.74) is 3.53. The van der Waals surface area contributed by atoms with Crippen molar-refractivity contribution in [2.45, 2.75) is 71.8 Å². The number of carbonyl (C=O) groups excluding carboxylic acids is 2. The van der Waals surface area contributed by atoms with Crippen molar-refractivity contribution in [2.75, 3.05) is 11.9 Å². The Labute approximate surface area is 236 Å². The molecule has 3 aromatic carbocycles. The topological polar surface area (TPSA) is 67.9 Å². The summed E-state index contributed by atoms with van der Waals surface area (Å²) in [7, 11) is 0. The maximum atomic E-state index is 13.1. The molecule has 0 aromatic heterocycles. The Morgan fingerprint density at radius 3 is 2.44 bits per heavy atom. The van der Waals surface area contributed by atoms with Crippen LogP contribution in [0.2, 0.25) is 5.02 Å². The van der Waals surface area contributed by atoms with Gasteiger partial charge in [-0.1, -0.05) is 54.1 Å². The van der Waals surface area contributed by atoms with E-state index in [1.165, 1.54) is 0 Å². The van der Waals surface area contributed by atoms with Crippen LogP contribution in [0.15, 0.2) is 66.7 Å². The summed E-state index contributed by atoms with van der Waals surface area (Å²) in [5.74, 6) is -0.0960. The SMILES string of the molecule is Cc1ccccc1C(=O)c1ccc(Nc2ccccc2CC[C@@H]2COC(C)(C)N2C(=O)OC(C)(C)C)cc1Cl. The molecule has 1 saturated heterocycles. The Morgan fingerprint density at radius 2 is 1.74 bits per heavy atom. The van der Waals surface area contributed by atoms with Crippen LogP contribution in [0.1, 0.15) is 68.1 Å². The Morgan fingerprint density at radius 1 is 1.05 bits per heavy atom. The summed E-state index contributed by atoms with van der Waals surface area (Å²) in [4.78, 5) is 27.8. The van der Waals surface area contributed by atoms with Gasteiger partial charge in [0.25, 0.3) is 0 Å². The fourth-order valence-electron chi connectivity index (χ4n) is 4.86. The van der Waals surface area contributed by atoms with Gasteiger partial charge in [0.2, 0.25) is 0 Å². The number of ether oxygens (including phenoxy) is 2. The van der Waals surface area contributed by atoms with Crippen molar-refractivity contribution in [3.05, 3.63) is 94.0 Å². The van der Waals surface area contributed by atoms with E-state index in [1.54, 1.807) is 17.0 Å². The Hall–Kier alpha value is -3.35. The fourth-order valence-corrected chi connectivity index (χ4v) is 5.13. The molecule has 1 heterocycles. The van der Waals surface area contributed by atoms with Crippen LogP contribution in [0, 0.1) is 6.92 Å². The lowest BCUT2D eigenvalue weighted by Gasteiger charge is -2.35. The number of ketones is 1. The number of nitrogens with one attached hydrogen (secondary N) is 1. The van der Waals surface area contributed by atoms with Crippen LogP contribution in [-0.4, -0.2) is 40.8 Å². The van der Waals surface area contributed by atoms with Crippen LogP contribution < -0.4 is 5.32 Å². The van der Waals surface area contributed by atoms with E-state index in [0.717, 1.165) is 28.9 Å². The molecule has 39 heavy (non-hydrogen) atoms. The molecule has 1 N–H and O–H groups in total. The summed E-state index contributed by atoms with van der Waals surface area (Å²) in [6.07, 6.45) is 1.08. The van der Waals surface area contributed by atoms with Gasteiger partial charge in [0, 0.05) is 22.5 Å². The van der Waals surface area contributed by atoms with E-state index >= 15 is 0 Å². The Bertz CT molecular complexity index is 1360. The Kier molecular flexibility index (Phi) is 8.38. The van der Waals surface area contributed by atoms with Crippen molar-refractivity contribution in [2.24, 2.45) is 0 Å². The summed E-state index contributed by atoms with van der Waals surface area (Å²) >= 11 is 6.57. The number of nitrogens with zero attached hydrogens (tertiary/aromatic N) is 1. The number of halogens is 1. The number of carbonyl (C=O) groups is 2. The molecule has 0 spiro atoms. The standard InChI is InChI=1S/C32H37ClN2O4/c1-21-11-7-9-13-25(21)29(36)26-18-16-23(19-27(26)33)34-28-14-10-8-12-22(28)15-17-24-20-38-32(5,6)35(24)30(37)39-31(2,3)4/h7-14,16,18-19,24,34H,15,17,20H2,1-6H3/t24-/m1/s1. The molecular weight excluding hydrogens is 512 g/mol. The zero-order chi connectivity index (χ0) is 28.4. The maximum Gasteiger partial charge on any atom is 0.412 e. The maximum absolute atomic E-state index is 13.1. The average Bonchev–Trinajstić information content (AvgIpc) is 3.16. The molecule has 0 unspecified atom stereocenters. The molecule has 6 nitrogen and oxygen atoms in total. The second-order valence-corrected chi connectivity index (χ2v) is 11.8. The number of rotatable bonds is 7. The van der Waals surface area contributed by atoms with E-state index in [0.29, 0.717) is 29.2 Å². The first kappa shape index (κ1) is 28.7. The number of hydrogen-bond donors (Lipinski definition) is 1. The van der Waals surface area contributed by atoms with Crippen LogP contribution in [0.3, 0.4) is 0 Å². The number of anilines is 2. The van der Waals surface area contributed by atoms with Crippen LogP contribution in [0.4, 0.5) is 16.2 Å². The average molecular weight is 549 g/mol. The Balaban J connectivity index is 1.48. The van der Waals surface area contributed by atoms with Gasteiger partial charge in [0.1, 0.15) is 11.3 Å². The molecule has 0 radical (unpaired) electrons. The molecule has 206 valence electrons. The molecule has 4 rings (SSSR count). The van der Waals surface area contributed by atoms with E-state index in [4.69, 9.17) is 21.1 Å². The molecule has 0 aliphatic carbocycles. The molecule has 3 aromatic rings.